The number of aliphatic hydroxyl groups excluding tert-OH is 2. The van der Waals surface area contributed by atoms with E-state index in [4.69, 9.17) is 19.7 Å². The molecule has 2 aromatic carbocycles. The monoisotopic (exact) mass is 521 g/mol. The van der Waals surface area contributed by atoms with Gasteiger partial charge in [0.25, 0.3) is 0 Å². The quantitative estimate of drug-likeness (QED) is 0.330. The fourth-order valence-electron chi connectivity index (χ4n) is 4.08. The molecule has 4 atom stereocenters. The van der Waals surface area contributed by atoms with Gasteiger partial charge < -0.3 is 35.2 Å². The van der Waals surface area contributed by atoms with Gasteiger partial charge >= 0.3 is 11.9 Å². The number of carbonyl (C=O) groups is 2. The van der Waals surface area contributed by atoms with E-state index in [1.807, 2.05) is 0 Å². The number of halogens is 2. The molecule has 0 saturated carbocycles. The topological polar surface area (TPSA) is 146 Å². The summed E-state index contributed by atoms with van der Waals surface area (Å²) < 4.78 is 38.2. The number of nitrogens with one attached hydrogen (secondary N) is 1. The Morgan fingerprint density at radius 2 is 1.24 bits per heavy atom. The third kappa shape index (κ3) is 8.52. The van der Waals surface area contributed by atoms with Crippen LogP contribution in [0.1, 0.15) is 24.0 Å². The number of aryl methyl sites for hydroxylation is 2. The van der Waals surface area contributed by atoms with Crippen molar-refractivity contribution in [2.75, 3.05) is 13.1 Å². The first-order valence-electron chi connectivity index (χ1n) is 11.7. The van der Waals surface area contributed by atoms with Crippen LogP contribution in [0.4, 0.5) is 8.78 Å². The summed E-state index contributed by atoms with van der Waals surface area (Å²) in [6.07, 6.45) is 1.33. The molecule has 0 aliphatic carbocycles. The first-order chi connectivity index (χ1) is 17.6. The van der Waals surface area contributed by atoms with E-state index in [0.717, 1.165) is 11.1 Å². The summed E-state index contributed by atoms with van der Waals surface area (Å²) in [5.41, 5.74) is 1.62. The van der Waals surface area contributed by atoms with Crippen LogP contribution in [0.25, 0.3) is 0 Å². The lowest BCUT2D eigenvalue weighted by Gasteiger charge is -2.31. The number of carboxylic acid groups (broad SMARTS) is 2. The third-order valence-corrected chi connectivity index (χ3v) is 5.93. The Morgan fingerprint density at radius 3 is 1.62 bits per heavy atom. The van der Waals surface area contributed by atoms with Gasteiger partial charge in [0.15, 0.2) is 0 Å². The summed E-state index contributed by atoms with van der Waals surface area (Å²) in [5, 5.41) is 39.5. The van der Waals surface area contributed by atoms with Crippen molar-refractivity contribution in [1.29, 1.82) is 0 Å². The average Bonchev–Trinajstić information content (AvgIpc) is 2.87. The Labute approximate surface area is 212 Å². The maximum atomic E-state index is 13.3. The van der Waals surface area contributed by atoms with Gasteiger partial charge in [-0.1, -0.05) is 0 Å². The lowest BCUT2D eigenvalue weighted by Crippen LogP contribution is -2.46. The molecule has 2 aliphatic heterocycles. The van der Waals surface area contributed by atoms with Gasteiger partial charge in [0.2, 0.25) is 0 Å². The number of aliphatic carboxylic acids is 2. The Morgan fingerprint density at radius 1 is 0.838 bits per heavy atom. The van der Waals surface area contributed by atoms with Gasteiger partial charge in [0.1, 0.15) is 47.5 Å². The van der Waals surface area contributed by atoms with Crippen molar-refractivity contribution in [3.05, 3.63) is 71.3 Å². The van der Waals surface area contributed by atoms with Crippen molar-refractivity contribution in [2.24, 2.45) is 0 Å². The minimum absolute atomic E-state index is 0.257. The molecule has 9 nitrogen and oxygen atoms in total. The minimum Gasteiger partial charge on any atom is -0.487 e. The smallest absolute Gasteiger partial charge is 0.328 e. The molecule has 0 bridgehead atoms. The predicted molar refractivity (Wildman–Crippen MR) is 128 cm³/mol. The predicted octanol–water partition coefficient (Wildman–Crippen LogP) is 2.08. The zero-order chi connectivity index (χ0) is 26.9. The van der Waals surface area contributed by atoms with Gasteiger partial charge in [-0.25, -0.2) is 18.4 Å². The maximum absolute atomic E-state index is 13.3. The first kappa shape index (κ1) is 28.0. The molecule has 4 unspecified atom stereocenters. The third-order valence-electron chi connectivity index (χ3n) is 5.93. The highest BCUT2D eigenvalue weighted by atomic mass is 19.1. The van der Waals surface area contributed by atoms with Crippen molar-refractivity contribution in [3.63, 3.8) is 0 Å². The number of fused-ring (bicyclic) bond motifs is 2. The molecule has 11 heteroatoms. The number of ether oxygens (including phenoxy) is 2. The lowest BCUT2D eigenvalue weighted by atomic mass is 9.98. The summed E-state index contributed by atoms with van der Waals surface area (Å²) in [5.74, 6) is -1.89. The number of hydrogen-bond donors (Lipinski definition) is 5. The molecule has 0 saturated heterocycles. The van der Waals surface area contributed by atoms with E-state index in [1.165, 1.54) is 24.3 Å². The fourth-order valence-corrected chi connectivity index (χ4v) is 4.08. The Balaban J connectivity index is 0.000000414. The van der Waals surface area contributed by atoms with Crippen LogP contribution in [0, 0.1) is 11.6 Å². The fraction of sp³-hybridized carbons (Fsp3) is 0.385. The van der Waals surface area contributed by atoms with Crippen molar-refractivity contribution in [1.82, 2.24) is 5.32 Å². The maximum Gasteiger partial charge on any atom is 0.328 e. The molecule has 2 aromatic rings. The number of rotatable bonds is 8. The first-order valence-corrected chi connectivity index (χ1v) is 11.7. The van der Waals surface area contributed by atoms with E-state index in [-0.39, 0.29) is 36.9 Å². The van der Waals surface area contributed by atoms with Crippen molar-refractivity contribution >= 4 is 11.9 Å². The highest BCUT2D eigenvalue weighted by Gasteiger charge is 2.29. The summed E-state index contributed by atoms with van der Waals surface area (Å²) in [4.78, 5) is 19.1. The summed E-state index contributed by atoms with van der Waals surface area (Å²) in [6, 6.07) is 8.79. The van der Waals surface area contributed by atoms with Crippen LogP contribution in [0.2, 0.25) is 0 Å². The zero-order valence-corrected chi connectivity index (χ0v) is 19.8. The van der Waals surface area contributed by atoms with Crippen molar-refractivity contribution in [2.45, 2.75) is 50.1 Å². The standard InChI is InChI=1S/C22H25F2NO4.C4H4O4/c23-15-3-7-19-13(9-15)1-5-21(28-19)17(26)11-25-12-18(27)22-6-2-14-10-16(24)4-8-20(14)29-22;5-3(6)1-2-4(7)8/h3-4,7-10,17-18,21-22,25-27H,1-2,5-6,11-12H2;1-2H,(H,5,6)(H,7,8)/b;2-1-. The van der Waals surface area contributed by atoms with Gasteiger partial charge in [-0.3, -0.25) is 0 Å². The van der Waals surface area contributed by atoms with E-state index in [0.29, 0.717) is 49.3 Å². The SMILES string of the molecule is O=C(O)/C=C\C(=O)O.OC(CNCC(O)C1CCc2cc(F)ccc2O1)C1CCc2cc(F)ccc2O1. The van der Waals surface area contributed by atoms with E-state index >= 15 is 0 Å². The molecule has 5 N–H and O–H groups in total. The number of aliphatic hydroxyl groups is 2. The van der Waals surface area contributed by atoms with Gasteiger partial charge in [-0.05, 0) is 73.2 Å². The van der Waals surface area contributed by atoms with Crippen LogP contribution in [-0.4, -0.2) is 69.9 Å². The van der Waals surface area contributed by atoms with Gasteiger partial charge in [-0.2, -0.15) is 0 Å². The Bertz CT molecular complexity index is 1040. The van der Waals surface area contributed by atoms with Crippen LogP contribution < -0.4 is 14.8 Å². The van der Waals surface area contributed by atoms with Crippen LogP contribution in [-0.2, 0) is 22.4 Å². The molecule has 0 fully saturated rings. The normalized spacial score (nSPS) is 19.8. The molecule has 2 aliphatic rings. The van der Waals surface area contributed by atoms with Gasteiger partial charge in [0, 0.05) is 25.2 Å². The Hall–Kier alpha value is -3.54. The molecule has 200 valence electrons. The van der Waals surface area contributed by atoms with Crippen LogP contribution >= 0.6 is 0 Å². The second kappa shape index (κ2) is 13.1. The van der Waals surface area contributed by atoms with Gasteiger partial charge in [-0.15, -0.1) is 0 Å². The van der Waals surface area contributed by atoms with Crippen LogP contribution in [0.5, 0.6) is 11.5 Å². The number of hydrogen-bond acceptors (Lipinski definition) is 7. The Kier molecular flexibility index (Phi) is 9.95. The average molecular weight is 522 g/mol. The second-order valence-electron chi connectivity index (χ2n) is 8.70. The van der Waals surface area contributed by atoms with Gasteiger partial charge in [0.05, 0.1) is 0 Å². The number of carboxylic acids is 2. The molecule has 0 aromatic heterocycles. The summed E-state index contributed by atoms with van der Waals surface area (Å²) >= 11 is 0. The van der Waals surface area contributed by atoms with Crippen LogP contribution in [0.3, 0.4) is 0 Å². The van der Waals surface area contributed by atoms with E-state index in [1.54, 1.807) is 12.1 Å². The molecule has 0 radical (unpaired) electrons. The highest BCUT2D eigenvalue weighted by Crippen LogP contribution is 2.30. The molecule has 2 heterocycles. The molecule has 0 spiro atoms. The summed E-state index contributed by atoms with van der Waals surface area (Å²) in [6.45, 7) is 0.513. The summed E-state index contributed by atoms with van der Waals surface area (Å²) in [7, 11) is 0. The zero-order valence-electron chi connectivity index (χ0n) is 19.8. The van der Waals surface area contributed by atoms with E-state index in [2.05, 4.69) is 5.32 Å². The molecular formula is C26H29F2NO8. The minimum atomic E-state index is -1.26. The second-order valence-corrected chi connectivity index (χ2v) is 8.70. The van der Waals surface area contributed by atoms with Crippen LogP contribution in [0.15, 0.2) is 48.6 Å². The molecular weight excluding hydrogens is 492 g/mol. The van der Waals surface area contributed by atoms with Crippen molar-refractivity contribution in [3.8, 4) is 11.5 Å². The van der Waals surface area contributed by atoms with E-state index < -0.39 is 24.1 Å². The van der Waals surface area contributed by atoms with E-state index in [9.17, 15) is 28.6 Å². The molecule has 37 heavy (non-hydrogen) atoms. The molecule has 4 rings (SSSR count). The highest BCUT2D eigenvalue weighted by molar-refractivity contribution is 5.89. The number of benzene rings is 2. The van der Waals surface area contributed by atoms with Crippen molar-refractivity contribution < 1.29 is 48.3 Å². The lowest BCUT2D eigenvalue weighted by molar-refractivity contribution is -0.134. The molecule has 0 amide bonds. The largest absolute Gasteiger partial charge is 0.487 e.